The van der Waals surface area contributed by atoms with Gasteiger partial charge < -0.3 is 4.74 Å². The summed E-state index contributed by atoms with van der Waals surface area (Å²) >= 11 is 5.62. The maximum absolute atomic E-state index is 11.2. The van der Waals surface area contributed by atoms with E-state index in [4.69, 9.17) is 16.3 Å². The van der Waals surface area contributed by atoms with Crippen LogP contribution in [0.5, 0.6) is 0 Å². The van der Waals surface area contributed by atoms with Gasteiger partial charge in [-0.2, -0.15) is 0 Å². The number of amides is 1. The summed E-state index contributed by atoms with van der Waals surface area (Å²) in [7, 11) is 0. The minimum absolute atomic E-state index is 0.00368. The summed E-state index contributed by atoms with van der Waals surface area (Å²) in [5, 5.41) is 2.76. The smallest absolute Gasteiger partial charge is 0.252 e. The van der Waals surface area contributed by atoms with Gasteiger partial charge in [0.15, 0.2) is 0 Å². The van der Waals surface area contributed by atoms with Crippen LogP contribution in [0, 0.1) is 0 Å². The summed E-state index contributed by atoms with van der Waals surface area (Å²) in [4.78, 5) is 18.9. The molecule has 1 rings (SSSR count). The van der Waals surface area contributed by atoms with Crippen molar-refractivity contribution in [1.29, 1.82) is 0 Å². The molecule has 0 unspecified atom stereocenters. The minimum atomic E-state index is -0.286. The first-order valence-corrected chi connectivity index (χ1v) is 4.96. The number of ether oxygens (including phenoxy) is 1. The zero-order valence-corrected chi connectivity index (χ0v) is 9.12. The second-order valence-corrected chi connectivity index (χ2v) is 3.19. The van der Waals surface area contributed by atoms with E-state index in [0.29, 0.717) is 6.61 Å². The first-order valence-electron chi connectivity index (χ1n) is 4.58. The Morgan fingerprint density at radius 2 is 2.47 bits per heavy atom. The number of anilines is 1. The van der Waals surface area contributed by atoms with Crippen LogP contribution >= 0.6 is 11.6 Å². The van der Waals surface area contributed by atoms with Crippen molar-refractivity contribution in [2.24, 2.45) is 0 Å². The largest absolute Gasteiger partial charge is 0.372 e. The van der Waals surface area contributed by atoms with Crippen LogP contribution in [0.4, 0.5) is 5.95 Å². The number of hydrogen-bond donors (Lipinski definition) is 1. The van der Waals surface area contributed by atoms with Crippen LogP contribution in [0.2, 0.25) is 5.15 Å². The zero-order valence-electron chi connectivity index (χ0n) is 8.36. The lowest BCUT2D eigenvalue weighted by Crippen LogP contribution is -2.19. The minimum Gasteiger partial charge on any atom is -0.372 e. The summed E-state index contributed by atoms with van der Waals surface area (Å²) in [5.74, 6) is -0.0988. The van der Waals surface area contributed by atoms with Crippen molar-refractivity contribution in [3.8, 4) is 0 Å². The van der Waals surface area contributed by atoms with E-state index < -0.39 is 0 Å². The molecule has 0 saturated heterocycles. The van der Waals surface area contributed by atoms with Gasteiger partial charge in [0.2, 0.25) is 5.95 Å². The van der Waals surface area contributed by atoms with Crippen molar-refractivity contribution < 1.29 is 9.53 Å². The van der Waals surface area contributed by atoms with Gasteiger partial charge in [-0.3, -0.25) is 10.1 Å². The number of carbonyl (C=O) groups is 1. The average molecular weight is 230 g/mol. The van der Waals surface area contributed by atoms with E-state index in [-0.39, 0.29) is 23.6 Å². The molecule has 1 aromatic rings. The first-order chi connectivity index (χ1) is 7.22. The van der Waals surface area contributed by atoms with Crippen LogP contribution in [0.1, 0.15) is 13.3 Å². The lowest BCUT2D eigenvalue weighted by Gasteiger charge is -2.03. The highest BCUT2D eigenvalue weighted by Gasteiger charge is 2.04. The lowest BCUT2D eigenvalue weighted by atomic mass is 10.5. The number of hydrogen-bond acceptors (Lipinski definition) is 4. The Balaban J connectivity index is 2.37. The highest BCUT2D eigenvalue weighted by Crippen LogP contribution is 2.05. The molecule has 0 aromatic carbocycles. The molecule has 0 aliphatic carbocycles. The third-order valence-electron chi connectivity index (χ3n) is 1.45. The van der Waals surface area contributed by atoms with Crippen LogP contribution in [0.25, 0.3) is 0 Å². The standard InChI is InChI=1S/C9H12ClN3O2/c1-2-5-15-6-8(14)13-9-11-4-3-7(10)12-9/h3-4H,2,5-6H2,1H3,(H,11,12,13,14). The van der Waals surface area contributed by atoms with E-state index >= 15 is 0 Å². The van der Waals surface area contributed by atoms with Gasteiger partial charge in [0.05, 0.1) is 0 Å². The average Bonchev–Trinajstić information content (AvgIpc) is 2.18. The predicted octanol–water partition coefficient (Wildman–Crippen LogP) is 1.50. The molecule has 1 heterocycles. The van der Waals surface area contributed by atoms with Crippen molar-refractivity contribution in [1.82, 2.24) is 9.97 Å². The molecule has 15 heavy (non-hydrogen) atoms. The van der Waals surface area contributed by atoms with E-state index in [0.717, 1.165) is 6.42 Å². The van der Waals surface area contributed by atoms with Gasteiger partial charge in [-0.25, -0.2) is 9.97 Å². The molecule has 82 valence electrons. The summed E-state index contributed by atoms with van der Waals surface area (Å²) in [6.07, 6.45) is 2.35. The fraction of sp³-hybridized carbons (Fsp3) is 0.444. The fourth-order valence-corrected chi connectivity index (χ4v) is 1.00. The Kier molecular flexibility index (Phi) is 5.00. The molecule has 0 spiro atoms. The van der Waals surface area contributed by atoms with Crippen molar-refractivity contribution in [2.75, 3.05) is 18.5 Å². The monoisotopic (exact) mass is 229 g/mol. The van der Waals surface area contributed by atoms with Gasteiger partial charge in [0.25, 0.3) is 5.91 Å². The molecule has 0 atom stereocenters. The molecule has 1 amide bonds. The molecular weight excluding hydrogens is 218 g/mol. The number of rotatable bonds is 5. The Morgan fingerprint density at radius 1 is 1.67 bits per heavy atom. The molecule has 1 aromatic heterocycles. The molecule has 0 saturated carbocycles. The third-order valence-corrected chi connectivity index (χ3v) is 1.66. The molecule has 0 fully saturated rings. The van der Waals surface area contributed by atoms with Crippen LogP contribution in [0.3, 0.4) is 0 Å². The molecule has 5 nitrogen and oxygen atoms in total. The van der Waals surface area contributed by atoms with Gasteiger partial charge in [-0.15, -0.1) is 0 Å². The van der Waals surface area contributed by atoms with Crippen molar-refractivity contribution in [2.45, 2.75) is 13.3 Å². The second kappa shape index (κ2) is 6.31. The summed E-state index contributed by atoms with van der Waals surface area (Å²) < 4.78 is 5.05. The van der Waals surface area contributed by atoms with E-state index in [1.54, 1.807) is 0 Å². The zero-order chi connectivity index (χ0) is 11.1. The van der Waals surface area contributed by atoms with E-state index in [1.807, 2.05) is 6.92 Å². The third kappa shape index (κ3) is 4.71. The van der Waals surface area contributed by atoms with Crippen LogP contribution in [-0.4, -0.2) is 29.1 Å². The van der Waals surface area contributed by atoms with Crippen molar-refractivity contribution in [3.63, 3.8) is 0 Å². The highest BCUT2D eigenvalue weighted by atomic mass is 35.5. The molecule has 1 N–H and O–H groups in total. The molecule has 0 aliphatic rings. The second-order valence-electron chi connectivity index (χ2n) is 2.80. The first kappa shape index (κ1) is 11.9. The molecule has 0 radical (unpaired) electrons. The summed E-state index contributed by atoms with van der Waals surface area (Å²) in [5.41, 5.74) is 0. The topological polar surface area (TPSA) is 64.1 Å². The maximum Gasteiger partial charge on any atom is 0.252 e. The maximum atomic E-state index is 11.2. The van der Waals surface area contributed by atoms with Gasteiger partial charge >= 0.3 is 0 Å². The number of carbonyl (C=O) groups excluding carboxylic acids is 1. The Morgan fingerprint density at radius 3 is 3.13 bits per heavy atom. The Labute approximate surface area is 92.8 Å². The van der Waals surface area contributed by atoms with Gasteiger partial charge in [0.1, 0.15) is 11.8 Å². The molecule has 6 heteroatoms. The molecular formula is C9H12ClN3O2. The van der Waals surface area contributed by atoms with Crippen molar-refractivity contribution in [3.05, 3.63) is 17.4 Å². The van der Waals surface area contributed by atoms with Gasteiger partial charge in [-0.05, 0) is 12.5 Å². The van der Waals surface area contributed by atoms with Crippen molar-refractivity contribution >= 4 is 23.5 Å². The van der Waals surface area contributed by atoms with E-state index in [2.05, 4.69) is 15.3 Å². The Bertz CT molecular complexity index is 333. The number of nitrogens with one attached hydrogen (secondary N) is 1. The lowest BCUT2D eigenvalue weighted by molar-refractivity contribution is -0.120. The SMILES string of the molecule is CCCOCC(=O)Nc1nccc(Cl)n1. The summed E-state index contributed by atoms with van der Waals surface area (Å²) in [6.45, 7) is 2.53. The predicted molar refractivity (Wildman–Crippen MR) is 56.8 cm³/mol. The van der Waals surface area contributed by atoms with E-state index in [1.165, 1.54) is 12.3 Å². The van der Waals surface area contributed by atoms with E-state index in [9.17, 15) is 4.79 Å². The van der Waals surface area contributed by atoms with Crippen LogP contribution < -0.4 is 5.32 Å². The van der Waals surface area contributed by atoms with Gasteiger partial charge in [-0.1, -0.05) is 18.5 Å². The molecule has 0 bridgehead atoms. The summed E-state index contributed by atoms with van der Waals surface area (Å²) in [6, 6.07) is 1.53. The van der Waals surface area contributed by atoms with Crippen LogP contribution in [0.15, 0.2) is 12.3 Å². The Hall–Kier alpha value is -1.20. The highest BCUT2D eigenvalue weighted by molar-refractivity contribution is 6.29. The number of nitrogens with zero attached hydrogens (tertiary/aromatic N) is 2. The number of aromatic nitrogens is 2. The molecule has 0 aliphatic heterocycles. The quantitative estimate of drug-likeness (QED) is 0.614. The van der Waals surface area contributed by atoms with Crippen LogP contribution in [-0.2, 0) is 9.53 Å². The normalized spacial score (nSPS) is 10.0. The number of halogens is 1. The fourth-order valence-electron chi connectivity index (χ4n) is 0.867. The van der Waals surface area contributed by atoms with Gasteiger partial charge in [0, 0.05) is 12.8 Å².